The van der Waals surface area contributed by atoms with Gasteiger partial charge in [-0.15, -0.1) is 0 Å². The second kappa shape index (κ2) is 19.6. The van der Waals surface area contributed by atoms with Crippen LogP contribution in [0.15, 0.2) is 304 Å². The molecule has 0 N–H and O–H groups in total. The van der Waals surface area contributed by atoms with Gasteiger partial charge in [-0.2, -0.15) is 0 Å². The Bertz CT molecular complexity index is 4880. The standard InChI is InChI=1S/C51H34N2O.C27H14BrClO.CH3/c1-5-17-35(18-6-1)52(36-19-7-2-8-20-36)39-29-31-42-41-25-13-15-27-45(41)51(46(42)33-39)47-34-40(53(37-21-9-3-10-22-37)38-23-11-4-12-24-38)30-32-43(47)50-49(51)44-26-14-16-28-48(44)54-50;28-15-9-11-18-17-5-1-3-7-21(17)27(22(18)13-15)23-14-16(29)10-12-19(23)26-25(27)20-6-2-4-8-24(20)30-26;/h1-34H;1-14H;1H3/q;;-1. The average molecular weight is 1180 g/mol. The van der Waals surface area contributed by atoms with Crippen LogP contribution in [-0.2, 0) is 10.8 Å². The van der Waals surface area contributed by atoms with Crippen LogP contribution in [0.4, 0.5) is 34.1 Å². The Balaban J connectivity index is 0.000000160. The van der Waals surface area contributed by atoms with Gasteiger partial charge in [0.05, 0.1) is 10.8 Å². The van der Waals surface area contributed by atoms with Crippen molar-refractivity contribution in [3.05, 3.63) is 353 Å². The lowest BCUT2D eigenvalue weighted by molar-refractivity contribution is 0.628. The predicted molar refractivity (Wildman–Crippen MR) is 354 cm³/mol. The largest absolute Gasteiger partial charge is 0.456 e. The number of furan rings is 2. The van der Waals surface area contributed by atoms with Crippen molar-refractivity contribution in [2.75, 3.05) is 9.80 Å². The van der Waals surface area contributed by atoms with E-state index in [-0.39, 0.29) is 7.43 Å². The molecular weight excluding hydrogens is 1120 g/mol. The molecule has 12 aromatic carbocycles. The Hall–Kier alpha value is -9.91. The van der Waals surface area contributed by atoms with Gasteiger partial charge in [-0.1, -0.05) is 197 Å². The summed E-state index contributed by atoms with van der Waals surface area (Å²) in [5, 5.41) is 3.04. The van der Waals surface area contributed by atoms with Crippen molar-refractivity contribution in [2.24, 2.45) is 0 Å². The first-order chi connectivity index (χ1) is 41.5. The molecule has 4 aliphatic rings. The van der Waals surface area contributed by atoms with Crippen LogP contribution < -0.4 is 9.80 Å². The maximum Gasteiger partial charge on any atom is 0.140 e. The minimum atomic E-state index is -0.632. The van der Waals surface area contributed by atoms with E-state index in [1.54, 1.807) is 0 Å². The molecule has 4 nitrogen and oxygen atoms in total. The third-order valence-corrected chi connectivity index (χ3v) is 18.6. The summed E-state index contributed by atoms with van der Waals surface area (Å²) in [5.74, 6) is 1.89. The quantitative estimate of drug-likeness (QED) is 0.155. The third-order valence-electron chi connectivity index (χ3n) is 17.8. The van der Waals surface area contributed by atoms with Gasteiger partial charge in [0, 0.05) is 76.6 Å². The van der Waals surface area contributed by atoms with Crippen molar-refractivity contribution in [1.82, 2.24) is 0 Å². The second-order valence-corrected chi connectivity index (χ2v) is 23.4. The lowest BCUT2D eigenvalue weighted by Crippen LogP contribution is -2.26. The molecule has 18 rings (SSSR count). The number of fused-ring (bicyclic) bond motifs is 24. The van der Waals surface area contributed by atoms with E-state index in [4.69, 9.17) is 20.4 Å². The fourth-order valence-corrected chi connectivity index (χ4v) is 15.2. The third kappa shape index (κ3) is 7.27. The molecule has 2 atom stereocenters. The number of anilines is 6. The summed E-state index contributed by atoms with van der Waals surface area (Å²) < 4.78 is 14.5. The Morgan fingerprint density at radius 3 is 1.11 bits per heavy atom. The first-order valence-electron chi connectivity index (χ1n) is 28.4. The van der Waals surface area contributed by atoms with Crippen LogP contribution in [-0.4, -0.2) is 0 Å². The van der Waals surface area contributed by atoms with E-state index in [0.717, 1.165) is 88.2 Å². The van der Waals surface area contributed by atoms with Crippen molar-refractivity contribution >= 4 is 83.6 Å². The molecule has 6 heteroatoms. The van der Waals surface area contributed by atoms with Crippen LogP contribution >= 0.6 is 27.5 Å². The van der Waals surface area contributed by atoms with E-state index in [9.17, 15) is 0 Å². The van der Waals surface area contributed by atoms with Gasteiger partial charge in [0.25, 0.3) is 0 Å². The minimum absolute atomic E-state index is 0. The van der Waals surface area contributed by atoms with Gasteiger partial charge >= 0.3 is 0 Å². The molecule has 0 amide bonds. The molecule has 2 spiro atoms. The van der Waals surface area contributed by atoms with Gasteiger partial charge in [-0.3, -0.25) is 0 Å². The lowest BCUT2D eigenvalue weighted by atomic mass is 9.70. The molecule has 0 radical (unpaired) electrons. The van der Waals surface area contributed by atoms with Crippen LogP contribution in [0.1, 0.15) is 44.5 Å². The van der Waals surface area contributed by atoms with Gasteiger partial charge in [-0.05, 0) is 177 Å². The number of rotatable bonds is 6. The maximum atomic E-state index is 6.92. The first kappa shape index (κ1) is 50.8. The van der Waals surface area contributed by atoms with Crippen molar-refractivity contribution in [1.29, 1.82) is 0 Å². The van der Waals surface area contributed by atoms with Crippen molar-refractivity contribution < 1.29 is 8.83 Å². The maximum absolute atomic E-state index is 6.92. The first-order valence-corrected chi connectivity index (χ1v) is 29.6. The van der Waals surface area contributed by atoms with Crippen LogP contribution in [0, 0.1) is 7.43 Å². The molecule has 14 aromatic rings. The number of halogens is 2. The fourth-order valence-electron chi connectivity index (χ4n) is 14.7. The Labute approximate surface area is 507 Å². The molecule has 0 saturated heterocycles. The summed E-state index contributed by atoms with van der Waals surface area (Å²) in [5.41, 5.74) is 24.6. The Morgan fingerprint density at radius 1 is 0.294 bits per heavy atom. The molecule has 85 heavy (non-hydrogen) atoms. The van der Waals surface area contributed by atoms with Crippen LogP contribution in [0.5, 0.6) is 0 Å². The zero-order valence-electron chi connectivity index (χ0n) is 46.2. The van der Waals surface area contributed by atoms with Gasteiger partial charge in [-0.25, -0.2) is 0 Å². The molecular formula is C79H51BrClN2O2-. The smallest absolute Gasteiger partial charge is 0.140 e. The Kier molecular flexibility index (Phi) is 11.7. The molecule has 0 bridgehead atoms. The lowest BCUT2D eigenvalue weighted by Gasteiger charge is -2.33. The van der Waals surface area contributed by atoms with E-state index in [1.807, 2.05) is 12.1 Å². The highest BCUT2D eigenvalue weighted by Crippen LogP contribution is 2.67. The van der Waals surface area contributed by atoms with E-state index >= 15 is 0 Å². The van der Waals surface area contributed by atoms with Gasteiger partial charge < -0.3 is 26.1 Å². The normalized spacial score (nSPS) is 15.6. The van der Waals surface area contributed by atoms with Crippen LogP contribution in [0.25, 0.3) is 66.8 Å². The monoisotopic (exact) mass is 1170 g/mol. The van der Waals surface area contributed by atoms with E-state index in [0.29, 0.717) is 0 Å². The summed E-state index contributed by atoms with van der Waals surface area (Å²) >= 11 is 10.3. The molecule has 2 unspecified atom stereocenters. The topological polar surface area (TPSA) is 32.8 Å². The summed E-state index contributed by atoms with van der Waals surface area (Å²) in [6.07, 6.45) is 0. The number of para-hydroxylation sites is 6. The highest BCUT2D eigenvalue weighted by molar-refractivity contribution is 9.10. The molecule has 0 aliphatic heterocycles. The zero-order valence-corrected chi connectivity index (χ0v) is 48.5. The summed E-state index contributed by atoms with van der Waals surface area (Å²) in [7, 11) is 0. The summed E-state index contributed by atoms with van der Waals surface area (Å²) in [4.78, 5) is 4.72. The molecule has 0 fully saturated rings. The summed E-state index contributed by atoms with van der Waals surface area (Å²) in [6.45, 7) is 0. The van der Waals surface area contributed by atoms with Gasteiger partial charge in [0.15, 0.2) is 0 Å². The van der Waals surface area contributed by atoms with Crippen molar-refractivity contribution in [3.8, 4) is 44.9 Å². The van der Waals surface area contributed by atoms with Crippen LogP contribution in [0.3, 0.4) is 0 Å². The summed E-state index contributed by atoms with van der Waals surface area (Å²) in [6, 6.07) is 104. The molecule has 0 saturated carbocycles. The second-order valence-electron chi connectivity index (χ2n) is 22.0. The van der Waals surface area contributed by atoms with Gasteiger partial charge in [0.1, 0.15) is 22.7 Å². The number of hydrogen-bond acceptors (Lipinski definition) is 4. The molecule has 2 aromatic heterocycles. The minimum Gasteiger partial charge on any atom is -0.456 e. The average Bonchev–Trinajstić information content (AvgIpc) is 1.54. The number of nitrogens with zero attached hydrogens (tertiary/aromatic N) is 2. The highest BCUT2D eigenvalue weighted by Gasteiger charge is 2.56. The SMILES string of the molecule is Clc1ccc2c(c1)C1(c3ccccc3-c3ccc(Br)cc31)c1c-2oc2ccccc12.[CH3-].c1ccc(N(c2ccccc2)c2ccc3c(c2)C2(c4ccccc4-3)c3cc(N(c4ccccc4)c4ccccc4)ccc3-c3oc4ccccc4c32)cc1. The number of hydrogen-bond donors (Lipinski definition) is 0. The predicted octanol–water partition coefficient (Wildman–Crippen LogP) is 22.4. The fraction of sp³-hybridized carbons (Fsp3) is 0.0253. The zero-order chi connectivity index (χ0) is 55.7. The molecule has 2 heterocycles. The Morgan fingerprint density at radius 2 is 0.635 bits per heavy atom. The van der Waals surface area contributed by atoms with Crippen molar-refractivity contribution in [2.45, 2.75) is 10.8 Å². The van der Waals surface area contributed by atoms with Crippen molar-refractivity contribution in [3.63, 3.8) is 0 Å². The number of benzene rings is 12. The molecule has 4 aliphatic carbocycles. The van der Waals surface area contributed by atoms with E-state index < -0.39 is 10.8 Å². The van der Waals surface area contributed by atoms with E-state index in [2.05, 4.69) is 305 Å². The van der Waals surface area contributed by atoms with Gasteiger partial charge in [0.2, 0.25) is 0 Å². The highest BCUT2D eigenvalue weighted by atomic mass is 79.9. The van der Waals surface area contributed by atoms with E-state index in [1.165, 1.54) is 66.8 Å². The van der Waals surface area contributed by atoms with Crippen LogP contribution in [0.2, 0.25) is 5.02 Å². The molecule has 404 valence electrons.